The normalized spacial score (nSPS) is 16.3. The first kappa shape index (κ1) is 12.3. The van der Waals surface area contributed by atoms with E-state index in [2.05, 4.69) is 9.97 Å². The van der Waals surface area contributed by atoms with Crippen LogP contribution >= 0.6 is 11.3 Å². The van der Waals surface area contributed by atoms with Crippen molar-refractivity contribution >= 4 is 27.5 Å². The molecule has 3 rings (SSSR count). The van der Waals surface area contributed by atoms with Crippen LogP contribution in [0.2, 0.25) is 0 Å². The van der Waals surface area contributed by atoms with Gasteiger partial charge in [-0.05, 0) is 38.2 Å². The zero-order chi connectivity index (χ0) is 13.6. The number of thiophene rings is 1. The number of carboxylic acids is 1. The summed E-state index contributed by atoms with van der Waals surface area (Å²) in [5, 5.41) is 9.67. The Balaban J connectivity index is 2.22. The van der Waals surface area contributed by atoms with Crippen molar-refractivity contribution < 1.29 is 9.90 Å². The van der Waals surface area contributed by atoms with E-state index in [1.165, 1.54) is 23.1 Å². The van der Waals surface area contributed by atoms with Gasteiger partial charge in [0, 0.05) is 4.88 Å². The number of nitrogens with zero attached hydrogens (tertiary/aromatic N) is 1. The van der Waals surface area contributed by atoms with Crippen LogP contribution in [0.15, 0.2) is 4.79 Å². The van der Waals surface area contributed by atoms with E-state index < -0.39 is 11.9 Å². The number of fused-ring (bicyclic) bond motifs is 3. The van der Waals surface area contributed by atoms with Gasteiger partial charge in [-0.2, -0.15) is 0 Å². The number of hydrogen-bond donors (Lipinski definition) is 2. The molecule has 0 aromatic carbocycles. The molecule has 5 nitrogen and oxygen atoms in total. The lowest BCUT2D eigenvalue weighted by molar-refractivity contribution is -0.138. The summed E-state index contributed by atoms with van der Waals surface area (Å²) in [7, 11) is 0. The highest BCUT2D eigenvalue weighted by Gasteiger charge is 2.22. The second-order valence-corrected chi connectivity index (χ2v) is 5.99. The first-order chi connectivity index (χ1) is 9.08. The number of nitrogens with one attached hydrogen (secondary N) is 1. The Hall–Kier alpha value is -1.69. The zero-order valence-corrected chi connectivity index (χ0v) is 11.3. The van der Waals surface area contributed by atoms with Gasteiger partial charge in [-0.1, -0.05) is 0 Å². The summed E-state index contributed by atoms with van der Waals surface area (Å²) in [5.74, 6) is -1.54. The van der Waals surface area contributed by atoms with Crippen LogP contribution in [0.1, 0.15) is 41.9 Å². The van der Waals surface area contributed by atoms with Crippen molar-refractivity contribution in [2.75, 3.05) is 0 Å². The van der Waals surface area contributed by atoms with E-state index >= 15 is 0 Å². The smallest absolute Gasteiger partial charge is 0.313 e. The van der Waals surface area contributed by atoms with Gasteiger partial charge in [0.2, 0.25) is 0 Å². The fraction of sp³-hybridized carbons (Fsp3) is 0.462. The Morgan fingerprint density at radius 2 is 2.16 bits per heavy atom. The van der Waals surface area contributed by atoms with Gasteiger partial charge in [0.1, 0.15) is 16.6 Å². The zero-order valence-electron chi connectivity index (χ0n) is 10.5. The summed E-state index contributed by atoms with van der Waals surface area (Å²) < 4.78 is 0. The van der Waals surface area contributed by atoms with Crippen LogP contribution in [-0.2, 0) is 17.6 Å². The summed E-state index contributed by atoms with van der Waals surface area (Å²) in [4.78, 5) is 32.0. The van der Waals surface area contributed by atoms with Crippen LogP contribution in [0, 0.1) is 0 Å². The fourth-order valence-corrected chi connectivity index (χ4v) is 3.77. The number of carboxylic acid groups (broad SMARTS) is 1. The number of aliphatic carboxylic acids is 1. The Kier molecular flexibility index (Phi) is 2.89. The van der Waals surface area contributed by atoms with E-state index in [1.54, 1.807) is 0 Å². The summed E-state index contributed by atoms with van der Waals surface area (Å²) in [6.45, 7) is 1.53. The minimum Gasteiger partial charge on any atom is -0.481 e. The molecule has 0 fully saturated rings. The van der Waals surface area contributed by atoms with E-state index in [1.807, 2.05) is 0 Å². The maximum absolute atomic E-state index is 12.2. The topological polar surface area (TPSA) is 83.0 Å². The van der Waals surface area contributed by atoms with E-state index in [9.17, 15) is 9.59 Å². The van der Waals surface area contributed by atoms with Crippen LogP contribution in [0.4, 0.5) is 0 Å². The standard InChI is InChI=1S/C13H14N2O3S/c1-6(13(17)18)10-14-11(16)9-7-4-2-3-5-8(7)19-12(9)15-10/h6H,2-5H2,1H3,(H,17,18)(H,14,15,16). The number of aromatic amines is 1. The van der Waals surface area contributed by atoms with Crippen molar-refractivity contribution in [1.82, 2.24) is 9.97 Å². The first-order valence-corrected chi connectivity index (χ1v) is 7.17. The number of aryl methyl sites for hydroxylation is 2. The first-order valence-electron chi connectivity index (χ1n) is 6.35. The molecule has 6 heteroatoms. The molecule has 1 atom stereocenters. The third kappa shape index (κ3) is 1.96. The second kappa shape index (κ2) is 4.45. The number of aromatic nitrogens is 2. The molecular weight excluding hydrogens is 264 g/mol. The van der Waals surface area contributed by atoms with Gasteiger partial charge in [-0.15, -0.1) is 11.3 Å². The van der Waals surface area contributed by atoms with Gasteiger partial charge in [0.15, 0.2) is 0 Å². The minimum absolute atomic E-state index is 0.201. The number of hydrogen-bond acceptors (Lipinski definition) is 4. The van der Waals surface area contributed by atoms with Crippen molar-refractivity contribution in [2.24, 2.45) is 0 Å². The van der Waals surface area contributed by atoms with E-state index in [-0.39, 0.29) is 11.4 Å². The van der Waals surface area contributed by atoms with Crippen molar-refractivity contribution in [3.63, 3.8) is 0 Å². The lowest BCUT2D eigenvalue weighted by Gasteiger charge is -2.09. The minimum atomic E-state index is -0.983. The average molecular weight is 278 g/mol. The predicted octanol–water partition coefficient (Wildman–Crippen LogP) is 2.05. The Morgan fingerprint density at radius 3 is 2.89 bits per heavy atom. The Morgan fingerprint density at radius 1 is 1.42 bits per heavy atom. The Labute approximate surface area is 113 Å². The lowest BCUT2D eigenvalue weighted by atomic mass is 9.97. The summed E-state index contributed by atoms with van der Waals surface area (Å²) in [6, 6.07) is 0. The predicted molar refractivity (Wildman–Crippen MR) is 72.9 cm³/mol. The van der Waals surface area contributed by atoms with Crippen LogP contribution in [0.25, 0.3) is 10.2 Å². The molecule has 2 aromatic rings. The lowest BCUT2D eigenvalue weighted by Crippen LogP contribution is -2.18. The number of H-pyrrole nitrogens is 1. The van der Waals surface area contributed by atoms with E-state index in [0.717, 1.165) is 31.2 Å². The van der Waals surface area contributed by atoms with Gasteiger partial charge in [0.25, 0.3) is 5.56 Å². The molecule has 2 aromatic heterocycles. The summed E-state index contributed by atoms with van der Waals surface area (Å²) >= 11 is 1.53. The Bertz CT molecular complexity index is 716. The molecule has 100 valence electrons. The highest BCUT2D eigenvalue weighted by molar-refractivity contribution is 7.18. The number of rotatable bonds is 2. The highest BCUT2D eigenvalue weighted by atomic mass is 32.1. The molecule has 1 aliphatic carbocycles. The van der Waals surface area contributed by atoms with Gasteiger partial charge >= 0.3 is 5.97 Å². The van der Waals surface area contributed by atoms with Crippen LogP contribution in [-0.4, -0.2) is 21.0 Å². The summed E-state index contributed by atoms with van der Waals surface area (Å²) in [6.07, 6.45) is 4.18. The maximum atomic E-state index is 12.2. The highest BCUT2D eigenvalue weighted by Crippen LogP contribution is 2.33. The van der Waals surface area contributed by atoms with Gasteiger partial charge in [0.05, 0.1) is 5.39 Å². The molecule has 1 unspecified atom stereocenters. The number of carbonyl (C=O) groups is 1. The molecule has 2 N–H and O–H groups in total. The third-order valence-corrected chi connectivity index (χ3v) is 4.81. The van der Waals surface area contributed by atoms with Gasteiger partial charge < -0.3 is 10.1 Å². The largest absolute Gasteiger partial charge is 0.481 e. The SMILES string of the molecule is CC(C(=O)O)c1nc2sc3c(c2c(=O)[nH]1)CCCC3. The monoisotopic (exact) mass is 278 g/mol. The molecule has 0 radical (unpaired) electrons. The van der Waals surface area contributed by atoms with Crippen LogP contribution in [0.5, 0.6) is 0 Å². The molecule has 0 saturated heterocycles. The van der Waals surface area contributed by atoms with Crippen LogP contribution < -0.4 is 5.56 Å². The quantitative estimate of drug-likeness (QED) is 0.880. The second-order valence-electron chi connectivity index (χ2n) is 4.90. The van der Waals surface area contributed by atoms with Gasteiger partial charge in [-0.3, -0.25) is 9.59 Å². The van der Waals surface area contributed by atoms with Crippen LogP contribution in [0.3, 0.4) is 0 Å². The molecule has 19 heavy (non-hydrogen) atoms. The molecule has 0 bridgehead atoms. The maximum Gasteiger partial charge on any atom is 0.313 e. The third-order valence-electron chi connectivity index (χ3n) is 3.62. The van der Waals surface area contributed by atoms with E-state index in [0.29, 0.717) is 10.2 Å². The molecule has 0 amide bonds. The molecule has 2 heterocycles. The average Bonchev–Trinajstić information content (AvgIpc) is 2.76. The van der Waals surface area contributed by atoms with E-state index in [4.69, 9.17) is 5.11 Å². The van der Waals surface area contributed by atoms with Crippen molar-refractivity contribution in [2.45, 2.75) is 38.5 Å². The molecule has 0 spiro atoms. The molecule has 0 saturated carbocycles. The van der Waals surface area contributed by atoms with Crippen molar-refractivity contribution in [1.29, 1.82) is 0 Å². The fourth-order valence-electron chi connectivity index (χ4n) is 2.50. The van der Waals surface area contributed by atoms with Gasteiger partial charge in [-0.25, -0.2) is 4.98 Å². The van der Waals surface area contributed by atoms with Crippen molar-refractivity contribution in [3.8, 4) is 0 Å². The van der Waals surface area contributed by atoms with Crippen molar-refractivity contribution in [3.05, 3.63) is 26.6 Å². The summed E-state index contributed by atoms with van der Waals surface area (Å²) in [5.41, 5.74) is 0.919. The molecular formula is C13H14N2O3S. The molecule has 0 aliphatic heterocycles. The molecule has 1 aliphatic rings.